The molecule has 1 aliphatic heterocycles. The molecule has 1 aliphatic rings. The van der Waals surface area contributed by atoms with Gasteiger partial charge in [0.2, 0.25) is 5.91 Å². The quantitative estimate of drug-likeness (QED) is 0.668. The number of aromatic nitrogens is 1. The van der Waals surface area contributed by atoms with Crippen LogP contribution in [-0.2, 0) is 11.2 Å². The lowest BCUT2D eigenvalue weighted by atomic mass is 10.0. The van der Waals surface area contributed by atoms with E-state index in [9.17, 15) is 4.79 Å². The highest BCUT2D eigenvalue weighted by Crippen LogP contribution is 2.29. The Morgan fingerprint density at radius 1 is 1.15 bits per heavy atom. The first-order valence-corrected chi connectivity index (χ1v) is 10.3. The summed E-state index contributed by atoms with van der Waals surface area (Å²) in [6, 6.07) is 14.4. The average Bonchev–Trinajstić information content (AvgIpc) is 3.07. The molecule has 1 fully saturated rings. The lowest BCUT2D eigenvalue weighted by Gasteiger charge is -2.31. The molecule has 27 heavy (non-hydrogen) atoms. The molecular formula is C22H24N2O2S. The number of para-hydroxylation sites is 1. The summed E-state index contributed by atoms with van der Waals surface area (Å²) in [6.07, 6.45) is 2.32. The second-order valence-corrected chi connectivity index (χ2v) is 8.23. The van der Waals surface area contributed by atoms with Crippen molar-refractivity contribution in [1.82, 2.24) is 9.88 Å². The summed E-state index contributed by atoms with van der Waals surface area (Å²) in [7, 11) is 0. The Bertz CT molecular complexity index is 925. The van der Waals surface area contributed by atoms with E-state index >= 15 is 0 Å². The van der Waals surface area contributed by atoms with E-state index in [1.54, 1.807) is 11.3 Å². The predicted octanol–water partition coefficient (Wildman–Crippen LogP) is 4.53. The van der Waals surface area contributed by atoms with Crippen LogP contribution in [0.2, 0.25) is 0 Å². The van der Waals surface area contributed by atoms with Crippen LogP contribution in [0.25, 0.3) is 10.2 Å². The average molecular weight is 381 g/mol. The molecular weight excluding hydrogens is 356 g/mol. The van der Waals surface area contributed by atoms with E-state index in [0.717, 1.165) is 46.9 Å². The Kier molecular flexibility index (Phi) is 5.12. The first kappa shape index (κ1) is 18.0. The lowest BCUT2D eigenvalue weighted by molar-refractivity contribution is -0.132. The van der Waals surface area contributed by atoms with Gasteiger partial charge in [-0.2, -0.15) is 0 Å². The highest BCUT2D eigenvalue weighted by atomic mass is 32.1. The zero-order valence-electron chi connectivity index (χ0n) is 15.8. The van der Waals surface area contributed by atoms with Gasteiger partial charge in [-0.15, -0.1) is 0 Å². The summed E-state index contributed by atoms with van der Waals surface area (Å²) in [6.45, 7) is 5.68. The van der Waals surface area contributed by atoms with E-state index in [1.807, 2.05) is 23.1 Å². The van der Waals surface area contributed by atoms with Crippen molar-refractivity contribution in [2.75, 3.05) is 13.1 Å². The molecule has 140 valence electrons. The number of piperidine rings is 1. The molecule has 5 heteroatoms. The van der Waals surface area contributed by atoms with Crippen molar-refractivity contribution in [3.8, 4) is 5.19 Å². The Balaban J connectivity index is 1.31. The van der Waals surface area contributed by atoms with E-state index in [-0.39, 0.29) is 12.0 Å². The number of ether oxygens (including phenoxy) is 1. The van der Waals surface area contributed by atoms with Gasteiger partial charge in [0.25, 0.3) is 5.19 Å². The number of fused-ring (bicyclic) bond motifs is 1. The zero-order chi connectivity index (χ0) is 18.8. The largest absolute Gasteiger partial charge is 0.467 e. The number of aryl methyl sites for hydroxylation is 2. The molecule has 0 aliphatic carbocycles. The molecule has 0 radical (unpaired) electrons. The van der Waals surface area contributed by atoms with Crippen molar-refractivity contribution >= 4 is 27.5 Å². The third-order valence-corrected chi connectivity index (χ3v) is 6.19. The second-order valence-electron chi connectivity index (χ2n) is 7.24. The summed E-state index contributed by atoms with van der Waals surface area (Å²) in [5, 5.41) is 0.733. The predicted molar refractivity (Wildman–Crippen MR) is 109 cm³/mol. The van der Waals surface area contributed by atoms with Gasteiger partial charge in [-0.05, 0) is 42.7 Å². The maximum atomic E-state index is 12.6. The lowest BCUT2D eigenvalue weighted by Crippen LogP contribution is -2.42. The first-order chi connectivity index (χ1) is 13.1. The zero-order valence-corrected chi connectivity index (χ0v) is 16.6. The summed E-state index contributed by atoms with van der Waals surface area (Å²) in [4.78, 5) is 19.1. The molecule has 2 aromatic carbocycles. The maximum absolute atomic E-state index is 12.6. The number of thiazole rings is 1. The van der Waals surface area contributed by atoms with Crippen LogP contribution in [0.5, 0.6) is 5.19 Å². The molecule has 0 saturated carbocycles. The smallest absolute Gasteiger partial charge is 0.274 e. The number of carbonyl (C=O) groups excluding carboxylic acids is 1. The summed E-state index contributed by atoms with van der Waals surface area (Å²) in [5.74, 6) is 0.205. The molecule has 0 spiro atoms. The molecule has 2 heterocycles. The fourth-order valence-electron chi connectivity index (χ4n) is 3.47. The molecule has 0 unspecified atom stereocenters. The minimum Gasteiger partial charge on any atom is -0.467 e. The van der Waals surface area contributed by atoms with E-state index in [1.165, 1.54) is 11.1 Å². The van der Waals surface area contributed by atoms with Crippen LogP contribution in [0.15, 0.2) is 42.5 Å². The van der Waals surface area contributed by atoms with Crippen LogP contribution < -0.4 is 4.74 Å². The number of carbonyl (C=O) groups is 1. The molecule has 0 N–H and O–H groups in total. The fourth-order valence-corrected chi connectivity index (χ4v) is 4.35. The Morgan fingerprint density at radius 2 is 1.93 bits per heavy atom. The standard InChI is InChI=1S/C22H24N2O2S/c1-15-7-8-17(13-16(15)2)14-21(25)24-11-9-18(10-12-24)26-22-23-19-5-3-4-6-20(19)27-22/h3-8,13,18H,9-12,14H2,1-2H3. The van der Waals surface area contributed by atoms with Gasteiger partial charge in [-0.3, -0.25) is 4.79 Å². The van der Waals surface area contributed by atoms with Crippen molar-refractivity contribution in [3.63, 3.8) is 0 Å². The van der Waals surface area contributed by atoms with Gasteiger partial charge in [0, 0.05) is 25.9 Å². The maximum Gasteiger partial charge on any atom is 0.274 e. The van der Waals surface area contributed by atoms with Crippen molar-refractivity contribution in [1.29, 1.82) is 0 Å². The number of hydrogen-bond donors (Lipinski definition) is 0. The van der Waals surface area contributed by atoms with Crippen LogP contribution in [-0.4, -0.2) is 35.0 Å². The second kappa shape index (κ2) is 7.69. The molecule has 1 amide bonds. The highest BCUT2D eigenvalue weighted by molar-refractivity contribution is 7.20. The van der Waals surface area contributed by atoms with Crippen LogP contribution in [0.1, 0.15) is 29.5 Å². The van der Waals surface area contributed by atoms with Gasteiger partial charge in [0.15, 0.2) is 0 Å². The van der Waals surface area contributed by atoms with E-state index < -0.39 is 0 Å². The molecule has 3 aromatic rings. The van der Waals surface area contributed by atoms with E-state index in [4.69, 9.17) is 4.74 Å². The number of nitrogens with zero attached hydrogens (tertiary/aromatic N) is 2. The topological polar surface area (TPSA) is 42.4 Å². The van der Waals surface area contributed by atoms with Crippen molar-refractivity contribution in [3.05, 3.63) is 59.2 Å². The number of rotatable bonds is 4. The van der Waals surface area contributed by atoms with Crippen LogP contribution in [0.4, 0.5) is 0 Å². The highest BCUT2D eigenvalue weighted by Gasteiger charge is 2.24. The fraction of sp³-hybridized carbons (Fsp3) is 0.364. The third kappa shape index (κ3) is 4.14. The number of likely N-dealkylation sites (tertiary alicyclic amines) is 1. The molecule has 1 aromatic heterocycles. The van der Waals surface area contributed by atoms with Crippen LogP contribution in [0.3, 0.4) is 0 Å². The van der Waals surface area contributed by atoms with Crippen molar-refractivity contribution in [2.24, 2.45) is 0 Å². The molecule has 4 nitrogen and oxygen atoms in total. The van der Waals surface area contributed by atoms with Gasteiger partial charge in [0.1, 0.15) is 6.10 Å². The first-order valence-electron chi connectivity index (χ1n) is 9.44. The van der Waals surface area contributed by atoms with Gasteiger partial charge >= 0.3 is 0 Å². The molecule has 4 rings (SSSR count). The monoisotopic (exact) mass is 380 g/mol. The summed E-state index contributed by atoms with van der Waals surface area (Å²) in [5.41, 5.74) is 4.58. The third-order valence-electron chi connectivity index (χ3n) is 5.26. The van der Waals surface area contributed by atoms with Gasteiger partial charge in [0.05, 0.1) is 16.6 Å². The van der Waals surface area contributed by atoms with Crippen LogP contribution >= 0.6 is 11.3 Å². The summed E-state index contributed by atoms with van der Waals surface area (Å²) >= 11 is 1.59. The number of amides is 1. The molecule has 0 bridgehead atoms. The van der Waals surface area contributed by atoms with Gasteiger partial charge < -0.3 is 9.64 Å². The molecule has 1 saturated heterocycles. The SMILES string of the molecule is Cc1ccc(CC(=O)N2CCC(Oc3nc4ccccc4s3)CC2)cc1C. The number of benzene rings is 2. The van der Waals surface area contributed by atoms with Crippen LogP contribution in [0, 0.1) is 13.8 Å². The molecule has 0 atom stereocenters. The van der Waals surface area contributed by atoms with Crippen molar-refractivity contribution in [2.45, 2.75) is 39.2 Å². The summed E-state index contributed by atoms with van der Waals surface area (Å²) < 4.78 is 7.23. The van der Waals surface area contributed by atoms with Gasteiger partial charge in [-0.1, -0.05) is 41.7 Å². The Hall–Kier alpha value is -2.40. The van der Waals surface area contributed by atoms with Gasteiger partial charge in [-0.25, -0.2) is 4.98 Å². The minimum absolute atomic E-state index is 0.135. The minimum atomic E-state index is 0.135. The normalized spacial score (nSPS) is 15.3. The van der Waals surface area contributed by atoms with Crippen molar-refractivity contribution < 1.29 is 9.53 Å². The number of hydrogen-bond acceptors (Lipinski definition) is 4. The Morgan fingerprint density at radius 3 is 2.67 bits per heavy atom. The van der Waals surface area contributed by atoms with E-state index in [2.05, 4.69) is 43.1 Å². The van der Waals surface area contributed by atoms with E-state index in [0.29, 0.717) is 6.42 Å². The Labute approximate surface area is 163 Å².